The van der Waals surface area contributed by atoms with Gasteiger partial charge >= 0.3 is 6.18 Å². The lowest BCUT2D eigenvalue weighted by atomic mass is 10.1. The standard InChI is InChI=1S/C16H13F3N6OS/c17-16(18,19)15-20-7-13(27-15)10-2-4-25(8-10)14(26)12-5-11(23-24-12)9-1-3-21-22-6-9/h1,3,5-7,10H,2,4,8H2,(H,23,24). The Bertz CT molecular complexity index is 954. The second kappa shape index (κ2) is 6.72. The molecule has 0 saturated carbocycles. The molecule has 27 heavy (non-hydrogen) atoms. The number of amides is 1. The number of alkyl halides is 3. The van der Waals surface area contributed by atoms with Crippen LogP contribution in [0.15, 0.2) is 30.7 Å². The minimum Gasteiger partial charge on any atom is -0.337 e. The van der Waals surface area contributed by atoms with Crippen molar-refractivity contribution >= 4 is 17.2 Å². The first kappa shape index (κ1) is 17.6. The molecule has 1 unspecified atom stereocenters. The lowest BCUT2D eigenvalue weighted by Crippen LogP contribution is -2.28. The summed E-state index contributed by atoms with van der Waals surface area (Å²) in [5.74, 6) is -0.381. The minimum atomic E-state index is -4.44. The predicted molar refractivity (Wildman–Crippen MR) is 90.0 cm³/mol. The number of hydrogen-bond acceptors (Lipinski definition) is 6. The van der Waals surface area contributed by atoms with Crippen LogP contribution in [0, 0.1) is 0 Å². The number of aromatic nitrogens is 5. The number of nitrogens with zero attached hydrogens (tertiary/aromatic N) is 5. The fraction of sp³-hybridized carbons (Fsp3) is 0.312. The number of thiazole rings is 1. The summed E-state index contributed by atoms with van der Waals surface area (Å²) in [5.41, 5.74) is 1.62. The highest BCUT2D eigenvalue weighted by Gasteiger charge is 2.37. The van der Waals surface area contributed by atoms with Crippen LogP contribution in [0.2, 0.25) is 0 Å². The van der Waals surface area contributed by atoms with Gasteiger partial charge in [0.15, 0.2) is 5.01 Å². The highest BCUT2D eigenvalue weighted by atomic mass is 32.1. The van der Waals surface area contributed by atoms with Gasteiger partial charge in [-0.1, -0.05) is 0 Å². The number of aromatic amines is 1. The smallest absolute Gasteiger partial charge is 0.337 e. The topological polar surface area (TPSA) is 87.7 Å². The molecule has 140 valence electrons. The second-order valence-corrected chi connectivity index (χ2v) is 7.16. The largest absolute Gasteiger partial charge is 0.443 e. The average molecular weight is 394 g/mol. The van der Waals surface area contributed by atoms with Gasteiger partial charge in [-0.2, -0.15) is 28.5 Å². The number of likely N-dealkylation sites (tertiary alicyclic amines) is 1. The highest BCUT2D eigenvalue weighted by Crippen LogP contribution is 2.37. The molecule has 1 aliphatic heterocycles. The monoisotopic (exact) mass is 394 g/mol. The average Bonchev–Trinajstić information content (AvgIpc) is 3.40. The molecule has 1 aliphatic rings. The first-order valence-corrected chi connectivity index (χ1v) is 8.88. The summed E-state index contributed by atoms with van der Waals surface area (Å²) in [7, 11) is 0. The Hall–Kier alpha value is -2.82. The Morgan fingerprint density at radius 1 is 1.30 bits per heavy atom. The molecule has 0 aliphatic carbocycles. The highest BCUT2D eigenvalue weighted by molar-refractivity contribution is 7.11. The number of halogens is 3. The van der Waals surface area contributed by atoms with Crippen LogP contribution < -0.4 is 0 Å². The Labute approximate surface area is 155 Å². The van der Waals surface area contributed by atoms with E-state index in [2.05, 4.69) is 25.4 Å². The van der Waals surface area contributed by atoms with Crippen LogP contribution in [0.3, 0.4) is 0 Å². The Morgan fingerprint density at radius 2 is 2.15 bits per heavy atom. The molecular weight excluding hydrogens is 381 g/mol. The molecule has 0 spiro atoms. The number of carbonyl (C=O) groups excluding carboxylic acids is 1. The van der Waals surface area contributed by atoms with E-state index in [-0.39, 0.29) is 11.8 Å². The molecule has 3 aromatic rings. The molecule has 1 fully saturated rings. The van der Waals surface area contributed by atoms with E-state index in [1.165, 1.54) is 12.4 Å². The molecule has 0 radical (unpaired) electrons. The van der Waals surface area contributed by atoms with Gasteiger partial charge in [0.1, 0.15) is 5.69 Å². The van der Waals surface area contributed by atoms with Crippen LogP contribution in [0.4, 0.5) is 13.2 Å². The first-order valence-electron chi connectivity index (χ1n) is 8.06. The third-order valence-electron chi connectivity index (χ3n) is 4.33. The molecule has 4 rings (SSSR count). The number of hydrogen-bond donors (Lipinski definition) is 1. The van der Waals surface area contributed by atoms with Gasteiger partial charge in [0.05, 0.1) is 18.1 Å². The summed E-state index contributed by atoms with van der Waals surface area (Å²) in [6.45, 7) is 0.817. The van der Waals surface area contributed by atoms with Crippen molar-refractivity contribution in [1.29, 1.82) is 0 Å². The van der Waals surface area contributed by atoms with E-state index in [0.717, 1.165) is 5.56 Å². The number of rotatable bonds is 3. The van der Waals surface area contributed by atoms with Crippen molar-refractivity contribution in [1.82, 2.24) is 30.3 Å². The first-order chi connectivity index (χ1) is 12.9. The quantitative estimate of drug-likeness (QED) is 0.738. The molecule has 0 bridgehead atoms. The normalized spacial score (nSPS) is 17.4. The van der Waals surface area contributed by atoms with E-state index in [0.29, 0.717) is 47.1 Å². The number of nitrogens with one attached hydrogen (secondary N) is 1. The van der Waals surface area contributed by atoms with Crippen LogP contribution in [0.5, 0.6) is 0 Å². The van der Waals surface area contributed by atoms with Crippen molar-refractivity contribution in [2.75, 3.05) is 13.1 Å². The summed E-state index contributed by atoms with van der Waals surface area (Å²) >= 11 is 0.641. The lowest BCUT2D eigenvalue weighted by Gasteiger charge is -2.14. The number of H-pyrrole nitrogens is 1. The van der Waals surface area contributed by atoms with Crippen LogP contribution in [-0.4, -0.2) is 49.3 Å². The van der Waals surface area contributed by atoms with Crippen LogP contribution >= 0.6 is 11.3 Å². The molecule has 1 saturated heterocycles. The van der Waals surface area contributed by atoms with Crippen molar-refractivity contribution in [3.8, 4) is 11.3 Å². The molecule has 0 aromatic carbocycles. The van der Waals surface area contributed by atoms with Gasteiger partial charge in [0.2, 0.25) is 0 Å². The fourth-order valence-corrected chi connectivity index (χ4v) is 3.88. The van der Waals surface area contributed by atoms with E-state index in [1.54, 1.807) is 23.2 Å². The van der Waals surface area contributed by atoms with Crippen LogP contribution in [0.25, 0.3) is 11.3 Å². The number of carbonyl (C=O) groups is 1. The zero-order chi connectivity index (χ0) is 19.0. The molecule has 3 aromatic heterocycles. The van der Waals surface area contributed by atoms with Gasteiger partial charge in [-0.3, -0.25) is 9.89 Å². The van der Waals surface area contributed by atoms with E-state index in [1.807, 2.05) is 0 Å². The van der Waals surface area contributed by atoms with Crippen LogP contribution in [-0.2, 0) is 6.18 Å². The fourth-order valence-electron chi connectivity index (χ4n) is 2.98. The van der Waals surface area contributed by atoms with Crippen molar-refractivity contribution in [2.24, 2.45) is 0 Å². The van der Waals surface area contributed by atoms with Crippen molar-refractivity contribution in [3.05, 3.63) is 46.3 Å². The van der Waals surface area contributed by atoms with Gasteiger partial charge in [0.25, 0.3) is 5.91 Å². The van der Waals surface area contributed by atoms with Gasteiger partial charge in [0, 0.05) is 35.6 Å². The zero-order valence-corrected chi connectivity index (χ0v) is 14.6. The minimum absolute atomic E-state index is 0.144. The molecular formula is C16H13F3N6OS. The summed E-state index contributed by atoms with van der Waals surface area (Å²) < 4.78 is 38.2. The molecule has 11 heteroatoms. The van der Waals surface area contributed by atoms with Gasteiger partial charge in [-0.05, 0) is 18.6 Å². The molecule has 7 nitrogen and oxygen atoms in total. The van der Waals surface area contributed by atoms with E-state index in [9.17, 15) is 18.0 Å². The van der Waals surface area contributed by atoms with E-state index in [4.69, 9.17) is 0 Å². The Morgan fingerprint density at radius 3 is 2.85 bits per heavy atom. The van der Waals surface area contributed by atoms with E-state index >= 15 is 0 Å². The second-order valence-electron chi connectivity index (χ2n) is 6.10. The van der Waals surface area contributed by atoms with Gasteiger partial charge in [-0.25, -0.2) is 4.98 Å². The Balaban J connectivity index is 1.45. The van der Waals surface area contributed by atoms with Crippen LogP contribution in [0.1, 0.15) is 32.7 Å². The summed E-state index contributed by atoms with van der Waals surface area (Å²) in [4.78, 5) is 18.3. The maximum Gasteiger partial charge on any atom is 0.443 e. The van der Waals surface area contributed by atoms with Gasteiger partial charge < -0.3 is 4.90 Å². The molecule has 1 N–H and O–H groups in total. The SMILES string of the molecule is O=C(c1cc(-c2ccnnc2)n[nH]1)N1CCC(c2cnc(C(F)(F)F)s2)C1. The van der Waals surface area contributed by atoms with E-state index < -0.39 is 11.2 Å². The summed E-state index contributed by atoms with van der Waals surface area (Å²) in [5, 5.41) is 13.4. The van der Waals surface area contributed by atoms with Gasteiger partial charge in [-0.15, -0.1) is 11.3 Å². The third-order valence-corrected chi connectivity index (χ3v) is 5.54. The van der Waals surface area contributed by atoms with Crippen molar-refractivity contribution < 1.29 is 18.0 Å². The summed E-state index contributed by atoms with van der Waals surface area (Å²) in [6, 6.07) is 3.35. The maximum absolute atomic E-state index is 12.7. The molecule has 4 heterocycles. The molecule has 1 atom stereocenters. The Kier molecular flexibility index (Phi) is 4.38. The summed E-state index contributed by atoms with van der Waals surface area (Å²) in [6.07, 6.45) is 0.488. The lowest BCUT2D eigenvalue weighted by molar-refractivity contribution is -0.137. The maximum atomic E-state index is 12.7. The third kappa shape index (κ3) is 3.54. The molecule has 1 amide bonds. The zero-order valence-electron chi connectivity index (χ0n) is 13.8. The van der Waals surface area contributed by atoms with Crippen molar-refractivity contribution in [2.45, 2.75) is 18.5 Å². The predicted octanol–water partition coefficient (Wildman–Crippen LogP) is 2.97. The van der Waals surface area contributed by atoms with Crippen molar-refractivity contribution in [3.63, 3.8) is 0 Å².